The predicted molar refractivity (Wildman–Crippen MR) is 189 cm³/mol. The summed E-state index contributed by atoms with van der Waals surface area (Å²) in [6.07, 6.45) is 7.94. The molecule has 0 aromatic heterocycles. The molecule has 4 aliphatic rings. The Morgan fingerprint density at radius 2 is 0.913 bits per heavy atom. The molecule has 4 fully saturated rings. The first kappa shape index (κ1) is 39.9. The Bertz CT molecular complexity index is 1130. The van der Waals surface area contributed by atoms with Gasteiger partial charge in [0.05, 0.1) is 52.4 Å². The van der Waals surface area contributed by atoms with Crippen LogP contribution >= 0.6 is 0 Å². The number of rotatable bonds is 14. The lowest BCUT2D eigenvalue weighted by molar-refractivity contribution is -0.936. The van der Waals surface area contributed by atoms with E-state index in [1.165, 1.54) is 87.3 Å². The van der Waals surface area contributed by atoms with Gasteiger partial charge in [-0.15, -0.1) is 0 Å². The Labute approximate surface area is 305 Å². The highest BCUT2D eigenvalue weighted by Gasteiger charge is 2.60. The van der Waals surface area contributed by atoms with Crippen LogP contribution in [0.25, 0.3) is 0 Å². The van der Waals surface area contributed by atoms with Gasteiger partial charge < -0.3 is 42.9 Å². The molecule has 0 aliphatic heterocycles. The van der Waals surface area contributed by atoms with Gasteiger partial charge in [-0.2, -0.15) is 0 Å². The predicted octanol–water partition coefficient (Wildman–Crippen LogP) is 2.98. The number of quaternary nitrogens is 2. The molecule has 0 unspecified atom stereocenters. The van der Waals surface area contributed by atoms with E-state index in [-0.39, 0.29) is 34.0 Å². The molecule has 1 aromatic carbocycles. The fraction of sp³-hybridized carbons (Fsp3) is 0.800. The van der Waals surface area contributed by atoms with Gasteiger partial charge in [0.25, 0.3) is 0 Å². The van der Waals surface area contributed by atoms with Crippen molar-refractivity contribution in [2.75, 3.05) is 52.4 Å². The van der Waals surface area contributed by atoms with Crippen LogP contribution in [0, 0.1) is 33.5 Å². The molecule has 4 saturated carbocycles. The Balaban J connectivity index is 0.00000288. The Kier molecular flexibility index (Phi) is 12.8. The van der Waals surface area contributed by atoms with Crippen LogP contribution in [0.15, 0.2) is 34.3 Å². The lowest BCUT2D eigenvalue weighted by Gasteiger charge is -2.38. The third-order valence-corrected chi connectivity index (χ3v) is 15.5. The van der Waals surface area contributed by atoms with E-state index in [0.29, 0.717) is 21.7 Å². The SMILES string of the molecule is CC[N+](CC)(CCN=C1C[C@H]2CC[C@]1(C)C2(C)C)Cc1ccc(C[N+](CC)(CC)CCN=C2C[C@H]3CC[C@]2(C)C3(C)C)cc1.[Br-].[Br-]. The van der Waals surface area contributed by atoms with Crippen molar-refractivity contribution in [2.45, 2.75) is 121 Å². The summed E-state index contributed by atoms with van der Waals surface area (Å²) in [7, 11) is 0. The lowest BCUT2D eigenvalue weighted by Crippen LogP contribution is -3.00. The molecule has 5 rings (SSSR count). The standard InChI is InChI=1S/C40H68N4.2BrH/c1-11-43(12-2,25-23-41-35-27-33-19-21-39(35,9)37(33,5)6)29-31-15-17-32(18-16-31)30-44(13-3,14-4)26-24-42-36-28-34-20-22-40(36,10)38(34,7)8;;/h15-18,33-34H,11-14,19-30H2,1-10H3;2*1H/q+2;;/p-2/t33-,34-,39+,40+;;/m1../s1. The van der Waals surface area contributed by atoms with Gasteiger partial charge in [-0.1, -0.05) is 65.8 Å². The number of fused-ring (bicyclic) bond motifs is 4. The molecule has 0 amide bonds. The molecule has 46 heavy (non-hydrogen) atoms. The first-order chi connectivity index (χ1) is 20.7. The Hall–Kier alpha value is -0.560. The molecule has 4 atom stereocenters. The van der Waals surface area contributed by atoms with Gasteiger partial charge in [-0.25, -0.2) is 0 Å². The topological polar surface area (TPSA) is 24.7 Å². The molecular weight excluding hydrogens is 696 g/mol. The van der Waals surface area contributed by atoms with E-state index >= 15 is 0 Å². The summed E-state index contributed by atoms with van der Waals surface area (Å²) in [5.41, 5.74) is 7.49. The normalized spacial score (nSPS) is 31.0. The van der Waals surface area contributed by atoms with Crippen molar-refractivity contribution in [2.24, 2.45) is 43.5 Å². The summed E-state index contributed by atoms with van der Waals surface area (Å²) >= 11 is 0. The van der Waals surface area contributed by atoms with E-state index < -0.39 is 0 Å². The number of benzene rings is 1. The molecule has 4 aliphatic carbocycles. The molecule has 4 nitrogen and oxygen atoms in total. The van der Waals surface area contributed by atoms with Gasteiger partial charge >= 0.3 is 0 Å². The summed E-state index contributed by atoms with van der Waals surface area (Å²) in [4.78, 5) is 10.7. The van der Waals surface area contributed by atoms with Crippen LogP contribution in [-0.4, -0.2) is 72.7 Å². The van der Waals surface area contributed by atoms with Gasteiger partial charge in [0.1, 0.15) is 13.1 Å². The molecule has 262 valence electrons. The van der Waals surface area contributed by atoms with Crippen LogP contribution in [0.3, 0.4) is 0 Å². The van der Waals surface area contributed by atoms with Gasteiger partial charge in [0, 0.05) is 33.4 Å². The van der Waals surface area contributed by atoms with E-state index in [2.05, 4.69) is 93.5 Å². The molecule has 1 aromatic rings. The first-order valence-electron chi connectivity index (χ1n) is 18.6. The third-order valence-electron chi connectivity index (χ3n) is 15.5. The number of nitrogens with zero attached hydrogens (tertiary/aromatic N) is 4. The van der Waals surface area contributed by atoms with E-state index in [0.717, 1.165) is 60.1 Å². The van der Waals surface area contributed by atoms with Gasteiger partial charge in [0.2, 0.25) is 0 Å². The average molecular weight is 765 g/mol. The fourth-order valence-corrected chi connectivity index (χ4v) is 10.3. The Morgan fingerprint density at radius 3 is 1.15 bits per heavy atom. The zero-order chi connectivity index (χ0) is 32.0. The molecule has 0 radical (unpaired) electrons. The highest BCUT2D eigenvalue weighted by molar-refractivity contribution is 5.94. The smallest absolute Gasteiger partial charge is 0.104 e. The zero-order valence-corrected chi connectivity index (χ0v) is 34.5. The second-order valence-electron chi connectivity index (χ2n) is 17.2. The Morgan fingerprint density at radius 1 is 0.587 bits per heavy atom. The number of aliphatic imine (C=N–C) groups is 2. The minimum atomic E-state index is 0. The number of likely N-dealkylation sites (N-methyl/N-ethyl adjacent to an activating group) is 2. The molecule has 4 bridgehead atoms. The van der Waals surface area contributed by atoms with E-state index in [9.17, 15) is 0 Å². The van der Waals surface area contributed by atoms with Crippen LogP contribution in [-0.2, 0) is 13.1 Å². The average Bonchev–Trinajstić information content (AvgIpc) is 3.53. The molecular formula is C40H68Br2N4. The van der Waals surface area contributed by atoms with Crippen molar-refractivity contribution in [1.29, 1.82) is 0 Å². The van der Waals surface area contributed by atoms with E-state index in [1.807, 2.05) is 0 Å². The van der Waals surface area contributed by atoms with Crippen molar-refractivity contribution >= 4 is 11.4 Å². The molecule has 0 saturated heterocycles. The fourth-order valence-electron chi connectivity index (χ4n) is 10.3. The highest BCUT2D eigenvalue weighted by Crippen LogP contribution is 2.65. The van der Waals surface area contributed by atoms with Crippen LogP contribution < -0.4 is 34.0 Å². The maximum atomic E-state index is 5.33. The van der Waals surface area contributed by atoms with Crippen molar-refractivity contribution in [1.82, 2.24) is 0 Å². The van der Waals surface area contributed by atoms with Crippen molar-refractivity contribution < 1.29 is 42.9 Å². The number of halogens is 2. The molecule has 0 heterocycles. The highest BCUT2D eigenvalue weighted by atomic mass is 79.9. The second-order valence-corrected chi connectivity index (χ2v) is 17.2. The summed E-state index contributed by atoms with van der Waals surface area (Å²) in [5.74, 6) is 1.68. The van der Waals surface area contributed by atoms with Crippen LogP contribution in [0.2, 0.25) is 0 Å². The van der Waals surface area contributed by atoms with Crippen LogP contribution in [0.1, 0.15) is 119 Å². The van der Waals surface area contributed by atoms with Gasteiger partial charge in [-0.05, 0) is 88.9 Å². The molecule has 6 heteroatoms. The van der Waals surface area contributed by atoms with Crippen molar-refractivity contribution in [3.05, 3.63) is 35.4 Å². The summed E-state index contributed by atoms with van der Waals surface area (Å²) < 4.78 is 2.25. The quantitative estimate of drug-likeness (QED) is 0.261. The van der Waals surface area contributed by atoms with Gasteiger partial charge in [-0.3, -0.25) is 9.98 Å². The summed E-state index contributed by atoms with van der Waals surface area (Å²) in [5, 5.41) is 0. The van der Waals surface area contributed by atoms with Gasteiger partial charge in [0.15, 0.2) is 0 Å². The third kappa shape index (κ3) is 6.78. The monoisotopic (exact) mass is 762 g/mol. The van der Waals surface area contributed by atoms with E-state index in [1.54, 1.807) is 0 Å². The minimum Gasteiger partial charge on any atom is -1.00 e. The molecule has 0 N–H and O–H groups in total. The number of hydrogen-bond acceptors (Lipinski definition) is 2. The number of hydrogen-bond donors (Lipinski definition) is 0. The first-order valence-corrected chi connectivity index (χ1v) is 18.6. The van der Waals surface area contributed by atoms with Crippen molar-refractivity contribution in [3.8, 4) is 0 Å². The largest absolute Gasteiger partial charge is 1.00 e. The lowest BCUT2D eigenvalue weighted by atomic mass is 9.70. The van der Waals surface area contributed by atoms with Crippen LogP contribution in [0.5, 0.6) is 0 Å². The van der Waals surface area contributed by atoms with Crippen LogP contribution in [0.4, 0.5) is 0 Å². The summed E-state index contributed by atoms with van der Waals surface area (Å²) in [6.45, 7) is 35.6. The maximum absolute atomic E-state index is 5.33. The second kappa shape index (κ2) is 14.7. The molecule has 0 spiro atoms. The van der Waals surface area contributed by atoms with Crippen molar-refractivity contribution in [3.63, 3.8) is 0 Å². The maximum Gasteiger partial charge on any atom is 0.104 e. The summed E-state index contributed by atoms with van der Waals surface area (Å²) in [6, 6.07) is 9.71. The minimum absolute atomic E-state index is 0. The van der Waals surface area contributed by atoms with E-state index in [4.69, 9.17) is 9.98 Å². The zero-order valence-electron chi connectivity index (χ0n) is 31.3.